The van der Waals surface area contributed by atoms with E-state index < -0.39 is 26.8 Å². The minimum Gasteiger partial charge on any atom is -0.490 e. The molecule has 9 nitrogen and oxygen atoms in total. The molecule has 7 rings (SSSR count). The van der Waals surface area contributed by atoms with Crippen LogP contribution in [-0.4, -0.2) is 55.1 Å². The second-order valence-corrected chi connectivity index (χ2v) is 17.5. The first-order valence-electron chi connectivity index (χ1n) is 17.5. The molecule has 1 fully saturated rings. The molecule has 2 aliphatic heterocycles. The van der Waals surface area contributed by atoms with Crippen LogP contribution in [-0.2, 0) is 28.3 Å². The van der Waals surface area contributed by atoms with Crippen molar-refractivity contribution in [2.24, 2.45) is 17.8 Å². The van der Waals surface area contributed by atoms with Crippen molar-refractivity contribution in [3.8, 4) is 5.75 Å². The number of halogens is 1. The van der Waals surface area contributed by atoms with E-state index in [2.05, 4.69) is 26.9 Å². The molecule has 262 valence electrons. The van der Waals surface area contributed by atoms with E-state index in [0.29, 0.717) is 38.3 Å². The number of rotatable bonds is 2. The number of aryl methyl sites for hydroxylation is 2. The first-order valence-corrected chi connectivity index (χ1v) is 19.4. The Kier molecular flexibility index (Phi) is 8.89. The maximum Gasteiger partial charge on any atom is 0.264 e. The maximum absolute atomic E-state index is 13.5. The summed E-state index contributed by atoms with van der Waals surface area (Å²) in [7, 11) is -4.00. The van der Waals surface area contributed by atoms with Crippen LogP contribution < -0.4 is 14.4 Å². The Morgan fingerprint density at radius 1 is 1.14 bits per heavy atom. The molecule has 0 unspecified atom stereocenters. The Hall–Kier alpha value is -3.34. The van der Waals surface area contributed by atoms with Crippen LogP contribution in [0.3, 0.4) is 0 Å². The third-order valence-electron chi connectivity index (χ3n) is 12.0. The topological polar surface area (TPSA) is 122 Å². The molecule has 11 heteroatoms. The molecule has 49 heavy (non-hydrogen) atoms. The highest BCUT2D eigenvalue weighted by Gasteiger charge is 2.48. The predicted octanol–water partition coefficient (Wildman–Crippen LogP) is 6.46. The molecule has 2 bridgehead atoms. The maximum atomic E-state index is 13.5. The molecule has 6 atom stereocenters. The van der Waals surface area contributed by atoms with Gasteiger partial charge in [0.2, 0.25) is 10.0 Å². The standard InChI is InChI=1S/C38H46ClN3O6S/c1-23-7-5-16-38(44,19-33-24(2)25(3)48-40-33)32-12-9-29(32)20-42-21-37(15-6-8-27-17-30(39)11-13-31(27)37)22-47-35-14-10-28(18-34(35)42)36(43)41-49(45,46)26(23)4/h5,10-11,13-14,16-18,23,26,29,32,44H,6-9,12,15,19-22H2,1-4H3,(H,41,43)/b16-5+/t23-,26+,29-,32+,37-,38+/m0/s1. The monoisotopic (exact) mass is 707 g/mol. The van der Waals surface area contributed by atoms with E-state index >= 15 is 0 Å². The van der Waals surface area contributed by atoms with Crippen LogP contribution in [0.15, 0.2) is 53.1 Å². The molecule has 1 spiro atoms. The number of amides is 1. The molecule has 1 aromatic heterocycles. The molecule has 0 radical (unpaired) electrons. The van der Waals surface area contributed by atoms with Crippen LogP contribution in [0.5, 0.6) is 5.75 Å². The Morgan fingerprint density at radius 2 is 1.96 bits per heavy atom. The normalized spacial score (nSPS) is 31.8. The molecule has 2 N–H and O–H groups in total. The van der Waals surface area contributed by atoms with E-state index in [1.165, 1.54) is 11.1 Å². The summed E-state index contributed by atoms with van der Waals surface area (Å²) in [5, 5.41) is 16.8. The fourth-order valence-corrected chi connectivity index (χ4v) is 9.94. The summed E-state index contributed by atoms with van der Waals surface area (Å²) in [5.41, 5.74) is 3.59. The quantitative estimate of drug-likeness (QED) is 0.291. The Morgan fingerprint density at radius 3 is 2.69 bits per heavy atom. The zero-order chi connectivity index (χ0) is 34.7. The summed E-state index contributed by atoms with van der Waals surface area (Å²) in [6, 6.07) is 11.4. The number of fused-ring (bicyclic) bond motifs is 4. The van der Waals surface area contributed by atoms with Crippen LogP contribution >= 0.6 is 11.6 Å². The Labute approximate surface area is 294 Å². The third-order valence-corrected chi connectivity index (χ3v) is 14.1. The fourth-order valence-electron chi connectivity index (χ4n) is 8.46. The molecule has 0 saturated heterocycles. The van der Waals surface area contributed by atoms with Crippen LogP contribution in [0.25, 0.3) is 0 Å². The lowest BCUT2D eigenvalue weighted by atomic mass is 9.62. The summed E-state index contributed by atoms with van der Waals surface area (Å²) in [6.45, 7) is 9.05. The minimum absolute atomic E-state index is 0.0722. The molecule has 1 saturated carbocycles. The van der Waals surface area contributed by atoms with Gasteiger partial charge in [-0.15, -0.1) is 0 Å². The number of carbonyl (C=O) groups is 1. The number of aliphatic hydroxyl groups is 1. The van der Waals surface area contributed by atoms with E-state index in [4.69, 9.17) is 20.9 Å². The van der Waals surface area contributed by atoms with E-state index in [1.807, 2.05) is 39.0 Å². The lowest BCUT2D eigenvalue weighted by Gasteiger charge is -2.49. The number of nitrogens with zero attached hydrogens (tertiary/aromatic N) is 2. The van der Waals surface area contributed by atoms with Crippen molar-refractivity contribution in [1.82, 2.24) is 9.88 Å². The van der Waals surface area contributed by atoms with Gasteiger partial charge in [0.15, 0.2) is 0 Å². The van der Waals surface area contributed by atoms with Gasteiger partial charge in [-0.3, -0.25) is 4.79 Å². The van der Waals surface area contributed by atoms with Gasteiger partial charge in [-0.2, -0.15) is 0 Å². The van der Waals surface area contributed by atoms with Crippen molar-refractivity contribution in [3.63, 3.8) is 0 Å². The summed E-state index contributed by atoms with van der Waals surface area (Å²) in [6.07, 6.45) is 9.15. The van der Waals surface area contributed by atoms with Crippen LogP contribution in [0, 0.1) is 31.6 Å². The lowest BCUT2D eigenvalue weighted by molar-refractivity contribution is -0.0457. The van der Waals surface area contributed by atoms with E-state index in [-0.39, 0.29) is 28.7 Å². The van der Waals surface area contributed by atoms with Gasteiger partial charge < -0.3 is 19.3 Å². The highest BCUT2D eigenvalue weighted by atomic mass is 35.5. The first-order chi connectivity index (χ1) is 23.3. The number of carbonyl (C=O) groups excluding carboxylic acids is 1. The van der Waals surface area contributed by atoms with Gasteiger partial charge in [0.1, 0.15) is 11.5 Å². The number of nitrogens with one attached hydrogen (secondary N) is 1. The third kappa shape index (κ3) is 6.29. The number of aromatic nitrogens is 1. The Balaban J connectivity index is 1.33. The smallest absolute Gasteiger partial charge is 0.264 e. The van der Waals surface area contributed by atoms with Gasteiger partial charge in [-0.25, -0.2) is 13.1 Å². The molecular formula is C38H46ClN3O6S. The van der Waals surface area contributed by atoms with Gasteiger partial charge in [0, 0.05) is 41.1 Å². The number of hydrogen-bond donors (Lipinski definition) is 2. The highest BCUT2D eigenvalue weighted by molar-refractivity contribution is 7.90. The molecule has 3 heterocycles. The largest absolute Gasteiger partial charge is 0.490 e. The summed E-state index contributed by atoms with van der Waals surface area (Å²) in [5.74, 6) is 0.480. The van der Waals surface area contributed by atoms with Crippen molar-refractivity contribution < 1.29 is 27.6 Å². The zero-order valence-corrected chi connectivity index (χ0v) is 30.2. The van der Waals surface area contributed by atoms with Crippen molar-refractivity contribution in [2.75, 3.05) is 24.6 Å². The van der Waals surface area contributed by atoms with Crippen LogP contribution in [0.2, 0.25) is 5.02 Å². The summed E-state index contributed by atoms with van der Waals surface area (Å²) in [4.78, 5) is 15.9. The second kappa shape index (κ2) is 12.8. The highest BCUT2D eigenvalue weighted by Crippen LogP contribution is 2.49. The van der Waals surface area contributed by atoms with Crippen molar-refractivity contribution in [3.05, 3.63) is 87.3 Å². The van der Waals surface area contributed by atoms with Crippen molar-refractivity contribution in [1.29, 1.82) is 0 Å². The van der Waals surface area contributed by atoms with Crippen molar-refractivity contribution >= 4 is 33.2 Å². The van der Waals surface area contributed by atoms with Gasteiger partial charge in [-0.1, -0.05) is 41.9 Å². The van der Waals surface area contributed by atoms with Gasteiger partial charge in [-0.05, 0) is 119 Å². The molecule has 2 aromatic carbocycles. The first kappa shape index (κ1) is 34.1. The molecule has 4 aliphatic rings. The zero-order valence-electron chi connectivity index (χ0n) is 28.7. The summed E-state index contributed by atoms with van der Waals surface area (Å²) < 4.78 is 41.4. The summed E-state index contributed by atoms with van der Waals surface area (Å²) >= 11 is 6.45. The van der Waals surface area contributed by atoms with E-state index in [9.17, 15) is 18.3 Å². The number of allylic oxidation sites excluding steroid dienone is 1. The van der Waals surface area contributed by atoms with E-state index in [1.54, 1.807) is 25.1 Å². The van der Waals surface area contributed by atoms with Crippen LogP contribution in [0.1, 0.15) is 84.5 Å². The SMILES string of the molecule is Cc1onc(C[C@]2(O)/C=C/C[C@H](C)[C@@H](C)S(=O)(=O)NC(=O)c3ccc4c(c3)N(C[C@@H]3CC[C@H]32)C[C@@]2(CCCc3cc(Cl)ccc32)CO4)c1C. The number of ether oxygens (including phenoxy) is 1. The number of benzene rings is 2. The number of hydrogen-bond acceptors (Lipinski definition) is 8. The fraction of sp³-hybridized carbons (Fsp3) is 0.526. The predicted molar refractivity (Wildman–Crippen MR) is 190 cm³/mol. The lowest BCUT2D eigenvalue weighted by Crippen LogP contribution is -2.53. The number of anilines is 1. The molecule has 3 aromatic rings. The number of sulfonamides is 1. The van der Waals surface area contributed by atoms with Crippen LogP contribution in [0.4, 0.5) is 5.69 Å². The van der Waals surface area contributed by atoms with Gasteiger partial charge in [0.25, 0.3) is 5.91 Å². The average molecular weight is 708 g/mol. The van der Waals surface area contributed by atoms with Gasteiger partial charge in [0.05, 0.1) is 28.8 Å². The minimum atomic E-state index is -4.00. The second-order valence-electron chi connectivity index (χ2n) is 15.0. The van der Waals surface area contributed by atoms with E-state index in [0.717, 1.165) is 59.8 Å². The van der Waals surface area contributed by atoms with Gasteiger partial charge >= 0.3 is 0 Å². The molecule has 1 amide bonds. The van der Waals surface area contributed by atoms with Crippen molar-refractivity contribution in [2.45, 2.75) is 88.9 Å². The molecular weight excluding hydrogens is 662 g/mol. The Bertz CT molecular complexity index is 1910. The molecule has 2 aliphatic carbocycles. The average Bonchev–Trinajstić information content (AvgIpc) is 3.26.